The number of β-amino-alcohol motifs (C(OH)–C–C–N with tert-alkyl or cyclic N) is 1. The second-order valence-electron chi connectivity index (χ2n) is 5.56. The smallest absolute Gasteiger partial charge is 0.388 e. The van der Waals surface area contributed by atoms with Gasteiger partial charge < -0.3 is 15.0 Å². The van der Waals surface area contributed by atoms with Crippen LogP contribution in [-0.4, -0.2) is 39.6 Å². The maximum atomic E-state index is 12.5. The Morgan fingerprint density at radius 2 is 2.10 bits per heavy atom. The largest absolute Gasteiger partial charge is 0.431 e. The number of aliphatic hydroxyl groups is 1. The molecule has 0 unspecified atom stereocenters. The van der Waals surface area contributed by atoms with Gasteiger partial charge in [0.15, 0.2) is 0 Å². The number of halogens is 3. The number of aromatic nitrogens is 1. The van der Waals surface area contributed by atoms with Crippen LogP contribution in [0.5, 0.6) is 0 Å². The average Bonchev–Trinajstić information content (AvgIpc) is 2.62. The summed E-state index contributed by atoms with van der Waals surface area (Å²) in [5.74, 6) is -0.871. The maximum absolute atomic E-state index is 12.5. The summed E-state index contributed by atoms with van der Waals surface area (Å²) in [6, 6.07) is 1.52. The van der Waals surface area contributed by atoms with E-state index in [0.29, 0.717) is 6.07 Å². The van der Waals surface area contributed by atoms with Gasteiger partial charge >= 0.3 is 6.18 Å². The molecule has 8 heteroatoms. The third kappa shape index (κ3) is 2.94. The fourth-order valence-corrected chi connectivity index (χ4v) is 2.27. The topological polar surface area (TPSA) is 73.4 Å². The van der Waals surface area contributed by atoms with Gasteiger partial charge in [-0.2, -0.15) is 13.2 Å². The van der Waals surface area contributed by atoms with Gasteiger partial charge in [-0.1, -0.05) is 6.92 Å². The Kier molecular flexibility index (Phi) is 3.61. The third-order valence-electron chi connectivity index (χ3n) is 3.80. The molecule has 0 bridgehead atoms. The van der Waals surface area contributed by atoms with Crippen molar-refractivity contribution in [3.63, 3.8) is 0 Å². The summed E-state index contributed by atoms with van der Waals surface area (Å²) in [6.45, 7) is 3.60. The van der Waals surface area contributed by atoms with Crippen molar-refractivity contribution in [3.05, 3.63) is 33.7 Å². The Bertz CT molecular complexity index is 622. The van der Waals surface area contributed by atoms with Gasteiger partial charge in [0, 0.05) is 19.0 Å². The zero-order valence-corrected chi connectivity index (χ0v) is 11.5. The first-order chi connectivity index (χ1) is 9.52. The van der Waals surface area contributed by atoms with Crippen molar-refractivity contribution < 1.29 is 23.1 Å². The number of H-pyrrole nitrogens is 1. The number of nitrogens with one attached hydrogen (secondary N) is 1. The van der Waals surface area contributed by atoms with Crippen LogP contribution in [0.15, 0.2) is 16.9 Å². The van der Waals surface area contributed by atoms with Gasteiger partial charge in [-0.25, -0.2) is 0 Å². The molecule has 0 spiro atoms. The van der Waals surface area contributed by atoms with E-state index >= 15 is 0 Å². The molecule has 0 aliphatic carbocycles. The van der Waals surface area contributed by atoms with Crippen LogP contribution in [0.4, 0.5) is 13.2 Å². The van der Waals surface area contributed by atoms with Crippen molar-refractivity contribution in [2.45, 2.75) is 25.6 Å². The number of carbonyl (C=O) groups is 1. The highest BCUT2D eigenvalue weighted by Gasteiger charge is 2.41. The number of alkyl halides is 3. The minimum absolute atomic E-state index is 0.0352. The van der Waals surface area contributed by atoms with Crippen LogP contribution in [0, 0.1) is 5.92 Å². The molecule has 1 amide bonds. The standard InChI is InChI=1S/C13H15F3N2O3/c1-7-5-18(6-12(7,2)21)11(20)8-3-4-9(13(14,15)16)17-10(8)19/h3-4,7,21H,5-6H2,1-2H3,(H,17,19)/t7-,12+/m0/s1. The van der Waals surface area contributed by atoms with Crippen LogP contribution in [0.2, 0.25) is 0 Å². The van der Waals surface area contributed by atoms with Crippen molar-refractivity contribution in [2.75, 3.05) is 13.1 Å². The number of pyridine rings is 1. The Hall–Kier alpha value is -1.83. The number of carbonyl (C=O) groups excluding carboxylic acids is 1. The Balaban J connectivity index is 2.28. The molecule has 2 atom stereocenters. The second kappa shape index (κ2) is 4.87. The SMILES string of the molecule is C[C@H]1CN(C(=O)c2ccc(C(F)(F)F)[nH]c2=O)C[C@@]1(C)O. The second-order valence-corrected chi connectivity index (χ2v) is 5.56. The lowest BCUT2D eigenvalue weighted by atomic mass is 9.95. The van der Waals surface area contributed by atoms with Crippen LogP contribution < -0.4 is 5.56 Å². The lowest BCUT2D eigenvalue weighted by Crippen LogP contribution is -2.37. The Morgan fingerprint density at radius 3 is 2.52 bits per heavy atom. The number of likely N-dealkylation sites (tertiary alicyclic amines) is 1. The van der Waals surface area contributed by atoms with Gasteiger partial charge in [-0.3, -0.25) is 9.59 Å². The molecule has 1 aliphatic heterocycles. The molecule has 2 N–H and O–H groups in total. The number of hydrogen-bond donors (Lipinski definition) is 2. The maximum Gasteiger partial charge on any atom is 0.431 e. The minimum atomic E-state index is -4.67. The highest BCUT2D eigenvalue weighted by molar-refractivity contribution is 5.94. The van der Waals surface area contributed by atoms with Crippen molar-refractivity contribution >= 4 is 5.91 Å². The van der Waals surface area contributed by atoms with Crippen molar-refractivity contribution in [3.8, 4) is 0 Å². The summed E-state index contributed by atoms with van der Waals surface area (Å²) in [5, 5.41) is 10.0. The number of aromatic amines is 1. The summed E-state index contributed by atoms with van der Waals surface area (Å²) < 4.78 is 37.4. The molecule has 0 radical (unpaired) electrons. The molecule has 21 heavy (non-hydrogen) atoms. The van der Waals surface area contributed by atoms with Crippen LogP contribution in [0.25, 0.3) is 0 Å². The quantitative estimate of drug-likeness (QED) is 0.820. The molecule has 1 aromatic rings. The van der Waals surface area contributed by atoms with Gasteiger partial charge in [0.2, 0.25) is 0 Å². The minimum Gasteiger partial charge on any atom is -0.388 e. The zero-order chi connectivity index (χ0) is 16.0. The molecule has 5 nitrogen and oxygen atoms in total. The summed E-state index contributed by atoms with van der Waals surface area (Å²) in [7, 11) is 0. The first-order valence-electron chi connectivity index (χ1n) is 6.34. The first-order valence-corrected chi connectivity index (χ1v) is 6.34. The van der Waals surface area contributed by atoms with E-state index < -0.39 is 28.9 Å². The molecule has 2 rings (SSSR count). The summed E-state index contributed by atoms with van der Waals surface area (Å²) in [5.41, 5.74) is -3.73. The van der Waals surface area contributed by atoms with E-state index in [4.69, 9.17) is 0 Å². The normalized spacial score (nSPS) is 26.2. The van der Waals surface area contributed by atoms with Gasteiger partial charge in [0.1, 0.15) is 11.3 Å². The highest BCUT2D eigenvalue weighted by Crippen LogP contribution is 2.28. The first kappa shape index (κ1) is 15.6. The van der Waals surface area contributed by atoms with E-state index in [0.717, 1.165) is 6.07 Å². The summed E-state index contributed by atoms with van der Waals surface area (Å²) in [6.07, 6.45) is -4.67. The Morgan fingerprint density at radius 1 is 1.48 bits per heavy atom. The van der Waals surface area contributed by atoms with Gasteiger partial charge in [0.05, 0.1) is 5.60 Å². The molecule has 116 valence electrons. The van der Waals surface area contributed by atoms with Crippen LogP contribution in [0.3, 0.4) is 0 Å². The number of rotatable bonds is 1. The molecule has 1 fully saturated rings. The summed E-state index contributed by atoms with van der Waals surface area (Å²) >= 11 is 0. The molecule has 0 saturated carbocycles. The molecular weight excluding hydrogens is 289 g/mol. The van der Waals surface area contributed by atoms with Crippen LogP contribution in [0.1, 0.15) is 29.9 Å². The van der Waals surface area contributed by atoms with Gasteiger partial charge in [-0.15, -0.1) is 0 Å². The lowest BCUT2D eigenvalue weighted by Gasteiger charge is -2.20. The van der Waals surface area contributed by atoms with Crippen LogP contribution in [-0.2, 0) is 6.18 Å². The number of hydrogen-bond acceptors (Lipinski definition) is 3. The predicted molar refractivity (Wildman–Crippen MR) is 67.8 cm³/mol. The molecule has 2 heterocycles. The van der Waals surface area contributed by atoms with Crippen molar-refractivity contribution in [1.29, 1.82) is 0 Å². The Labute approximate surface area is 118 Å². The zero-order valence-electron chi connectivity index (χ0n) is 11.5. The van der Waals surface area contributed by atoms with E-state index in [1.807, 2.05) is 0 Å². The van der Waals surface area contributed by atoms with E-state index in [9.17, 15) is 27.9 Å². The van der Waals surface area contributed by atoms with Gasteiger partial charge in [-0.05, 0) is 19.1 Å². The average molecular weight is 304 g/mol. The molecule has 0 aromatic carbocycles. The van der Waals surface area contributed by atoms with E-state index in [2.05, 4.69) is 0 Å². The van der Waals surface area contributed by atoms with E-state index in [-0.39, 0.29) is 24.6 Å². The number of nitrogens with zero attached hydrogens (tertiary/aromatic N) is 1. The molecular formula is C13H15F3N2O3. The third-order valence-corrected chi connectivity index (χ3v) is 3.80. The lowest BCUT2D eigenvalue weighted by molar-refractivity contribution is -0.141. The van der Waals surface area contributed by atoms with Crippen molar-refractivity contribution in [1.82, 2.24) is 9.88 Å². The van der Waals surface area contributed by atoms with Crippen LogP contribution >= 0.6 is 0 Å². The fourth-order valence-electron chi connectivity index (χ4n) is 2.27. The fraction of sp³-hybridized carbons (Fsp3) is 0.538. The van der Waals surface area contributed by atoms with E-state index in [1.54, 1.807) is 18.8 Å². The van der Waals surface area contributed by atoms with Crippen molar-refractivity contribution in [2.24, 2.45) is 5.92 Å². The predicted octanol–water partition coefficient (Wildman–Crippen LogP) is 1.24. The molecule has 1 aromatic heterocycles. The molecule has 1 saturated heterocycles. The highest BCUT2D eigenvalue weighted by atomic mass is 19.4. The summed E-state index contributed by atoms with van der Waals surface area (Å²) in [4.78, 5) is 26.8. The van der Waals surface area contributed by atoms with E-state index in [1.165, 1.54) is 4.90 Å². The molecule has 1 aliphatic rings. The van der Waals surface area contributed by atoms with Gasteiger partial charge in [0.25, 0.3) is 11.5 Å². The monoisotopic (exact) mass is 304 g/mol. The number of amides is 1.